The second kappa shape index (κ2) is 9.64. The van der Waals surface area contributed by atoms with Crippen molar-refractivity contribution in [3.8, 4) is 16.3 Å². The fourth-order valence-corrected chi connectivity index (χ4v) is 5.14. The van der Waals surface area contributed by atoms with Crippen LogP contribution < -0.4 is 10.1 Å². The number of carbonyl (C=O) groups is 1. The second-order valence-corrected chi connectivity index (χ2v) is 9.34. The van der Waals surface area contributed by atoms with E-state index in [2.05, 4.69) is 33.4 Å². The molecule has 1 N–H and O–H groups in total. The number of amides is 1. The van der Waals surface area contributed by atoms with Gasteiger partial charge in [0.05, 0.1) is 7.11 Å². The Hall–Kier alpha value is -2.35. The Morgan fingerprint density at radius 1 is 1.17 bits per heavy atom. The van der Waals surface area contributed by atoms with Gasteiger partial charge in [0.2, 0.25) is 0 Å². The van der Waals surface area contributed by atoms with Gasteiger partial charge in [-0.1, -0.05) is 12.1 Å². The van der Waals surface area contributed by atoms with Gasteiger partial charge in [-0.05, 0) is 48.4 Å². The summed E-state index contributed by atoms with van der Waals surface area (Å²) in [6.07, 6.45) is 0. The molecule has 0 atom stereocenters. The van der Waals surface area contributed by atoms with Crippen LogP contribution in [0.1, 0.15) is 21.6 Å². The van der Waals surface area contributed by atoms with Crippen LogP contribution in [-0.2, 0) is 6.54 Å². The lowest BCUT2D eigenvalue weighted by Crippen LogP contribution is -2.32. The van der Waals surface area contributed by atoms with Gasteiger partial charge in [-0.25, -0.2) is 4.98 Å². The standard InChI is InChI=1S/C23H25N3O2S2/c1-16-3-4-17(14-26-9-11-29-12-10-26)13-20(16)24-22(27)21-15-30-23(25-21)18-5-7-19(28-2)8-6-18/h3-8,13,15H,9-12,14H2,1-2H3,(H,24,27). The summed E-state index contributed by atoms with van der Waals surface area (Å²) in [5, 5.41) is 5.67. The van der Waals surface area contributed by atoms with Gasteiger partial charge in [-0.3, -0.25) is 9.69 Å². The number of hydrogen-bond donors (Lipinski definition) is 1. The molecule has 0 bridgehead atoms. The van der Waals surface area contributed by atoms with Gasteiger partial charge >= 0.3 is 0 Å². The molecule has 2 aromatic carbocycles. The maximum atomic E-state index is 12.8. The molecule has 7 heteroatoms. The summed E-state index contributed by atoms with van der Waals surface area (Å²) >= 11 is 3.48. The average Bonchev–Trinajstić information content (AvgIpc) is 3.27. The Bertz CT molecular complexity index is 1010. The van der Waals surface area contributed by atoms with Gasteiger partial charge in [0, 0.05) is 47.8 Å². The van der Waals surface area contributed by atoms with Crippen molar-refractivity contribution in [3.63, 3.8) is 0 Å². The number of thiazole rings is 1. The molecule has 0 aliphatic carbocycles. The number of aromatic nitrogens is 1. The van der Waals surface area contributed by atoms with E-state index in [0.717, 1.165) is 47.2 Å². The molecule has 3 aromatic rings. The van der Waals surface area contributed by atoms with E-state index in [9.17, 15) is 4.79 Å². The highest BCUT2D eigenvalue weighted by molar-refractivity contribution is 7.99. The molecule has 156 valence electrons. The Morgan fingerprint density at radius 2 is 1.93 bits per heavy atom. The van der Waals surface area contributed by atoms with Crippen LogP contribution in [0.15, 0.2) is 47.8 Å². The van der Waals surface area contributed by atoms with Crippen LogP contribution in [0.25, 0.3) is 10.6 Å². The molecule has 1 fully saturated rings. The Morgan fingerprint density at radius 3 is 2.67 bits per heavy atom. The minimum atomic E-state index is -0.180. The van der Waals surface area contributed by atoms with E-state index in [1.165, 1.54) is 28.4 Å². The van der Waals surface area contributed by atoms with Crippen molar-refractivity contribution in [3.05, 3.63) is 64.7 Å². The highest BCUT2D eigenvalue weighted by atomic mass is 32.2. The van der Waals surface area contributed by atoms with Crippen LogP contribution in [0.3, 0.4) is 0 Å². The second-order valence-electron chi connectivity index (χ2n) is 7.26. The number of hydrogen-bond acceptors (Lipinski definition) is 6. The van der Waals surface area contributed by atoms with Crippen molar-refractivity contribution >= 4 is 34.7 Å². The van der Waals surface area contributed by atoms with Crippen molar-refractivity contribution in [2.24, 2.45) is 0 Å². The van der Waals surface area contributed by atoms with Gasteiger partial charge in [0.25, 0.3) is 5.91 Å². The van der Waals surface area contributed by atoms with Gasteiger partial charge in [-0.15, -0.1) is 11.3 Å². The minimum absolute atomic E-state index is 0.180. The average molecular weight is 440 g/mol. The number of carbonyl (C=O) groups excluding carboxylic acids is 1. The summed E-state index contributed by atoms with van der Waals surface area (Å²) in [6.45, 7) is 5.17. The van der Waals surface area contributed by atoms with Crippen LogP contribution in [0, 0.1) is 6.92 Å². The van der Waals surface area contributed by atoms with Crippen molar-refractivity contribution in [2.45, 2.75) is 13.5 Å². The minimum Gasteiger partial charge on any atom is -0.497 e. The van der Waals surface area contributed by atoms with Gasteiger partial charge in [0.1, 0.15) is 16.5 Å². The first-order valence-electron chi connectivity index (χ1n) is 9.93. The third-order valence-corrected chi connectivity index (χ3v) is 6.97. The number of rotatable bonds is 6. The molecule has 4 rings (SSSR count). The molecule has 0 saturated carbocycles. The van der Waals surface area contributed by atoms with Crippen molar-refractivity contribution in [1.82, 2.24) is 9.88 Å². The van der Waals surface area contributed by atoms with E-state index in [0.29, 0.717) is 5.69 Å². The first-order chi connectivity index (χ1) is 14.6. The SMILES string of the molecule is COc1ccc(-c2nc(C(=O)Nc3cc(CN4CCSCC4)ccc3C)cs2)cc1. The number of nitrogens with zero attached hydrogens (tertiary/aromatic N) is 2. The molecule has 30 heavy (non-hydrogen) atoms. The van der Waals surface area contributed by atoms with Crippen LogP contribution >= 0.6 is 23.1 Å². The van der Waals surface area contributed by atoms with Crippen molar-refractivity contribution < 1.29 is 9.53 Å². The van der Waals surface area contributed by atoms with Crippen LogP contribution in [-0.4, -0.2) is 47.5 Å². The van der Waals surface area contributed by atoms with Crippen LogP contribution in [0.2, 0.25) is 0 Å². The van der Waals surface area contributed by atoms with Gasteiger partial charge < -0.3 is 10.1 Å². The summed E-state index contributed by atoms with van der Waals surface area (Å²) in [5.41, 5.74) is 4.52. The predicted molar refractivity (Wildman–Crippen MR) is 126 cm³/mol. The zero-order valence-corrected chi connectivity index (χ0v) is 18.8. The largest absolute Gasteiger partial charge is 0.497 e. The molecule has 1 aliphatic heterocycles. The summed E-state index contributed by atoms with van der Waals surface area (Å²) in [5.74, 6) is 3.00. The van der Waals surface area contributed by atoms with Gasteiger partial charge in [-0.2, -0.15) is 11.8 Å². The predicted octanol–water partition coefficient (Wildman–Crippen LogP) is 4.93. The van der Waals surface area contributed by atoms with E-state index in [1.807, 2.05) is 43.0 Å². The summed E-state index contributed by atoms with van der Waals surface area (Å²) in [6, 6.07) is 14.0. The zero-order chi connectivity index (χ0) is 20.9. The lowest BCUT2D eigenvalue weighted by molar-refractivity contribution is 0.102. The van der Waals surface area contributed by atoms with E-state index in [-0.39, 0.29) is 5.91 Å². The van der Waals surface area contributed by atoms with Crippen molar-refractivity contribution in [1.29, 1.82) is 0 Å². The molecule has 1 amide bonds. The first-order valence-corrected chi connectivity index (χ1v) is 12.0. The number of anilines is 1. The molecular weight excluding hydrogens is 414 g/mol. The molecule has 0 unspecified atom stereocenters. The number of ether oxygens (including phenoxy) is 1. The highest BCUT2D eigenvalue weighted by Gasteiger charge is 2.15. The number of aryl methyl sites for hydroxylation is 1. The third kappa shape index (κ3) is 5.03. The summed E-state index contributed by atoms with van der Waals surface area (Å²) in [4.78, 5) is 19.8. The number of benzene rings is 2. The fraction of sp³-hybridized carbons (Fsp3) is 0.304. The lowest BCUT2D eigenvalue weighted by atomic mass is 10.1. The smallest absolute Gasteiger partial charge is 0.275 e. The molecule has 5 nitrogen and oxygen atoms in total. The van der Waals surface area contributed by atoms with E-state index in [1.54, 1.807) is 12.5 Å². The number of thioether (sulfide) groups is 1. The number of methoxy groups -OCH3 is 1. The van der Waals surface area contributed by atoms with Gasteiger partial charge in [0.15, 0.2) is 0 Å². The molecule has 0 radical (unpaired) electrons. The number of nitrogens with one attached hydrogen (secondary N) is 1. The van der Waals surface area contributed by atoms with Crippen LogP contribution in [0.5, 0.6) is 5.75 Å². The first kappa shape index (κ1) is 20.9. The lowest BCUT2D eigenvalue weighted by Gasteiger charge is -2.26. The fourth-order valence-electron chi connectivity index (χ4n) is 3.35. The highest BCUT2D eigenvalue weighted by Crippen LogP contribution is 2.26. The molecule has 0 spiro atoms. The van der Waals surface area contributed by atoms with Crippen LogP contribution in [0.4, 0.5) is 5.69 Å². The van der Waals surface area contributed by atoms with Crippen molar-refractivity contribution in [2.75, 3.05) is 37.0 Å². The monoisotopic (exact) mass is 439 g/mol. The summed E-state index contributed by atoms with van der Waals surface area (Å²) < 4.78 is 5.20. The normalized spacial score (nSPS) is 14.5. The molecule has 2 heterocycles. The Labute approximate surface area is 185 Å². The zero-order valence-electron chi connectivity index (χ0n) is 17.2. The maximum absolute atomic E-state index is 12.8. The Balaban J connectivity index is 1.45. The van der Waals surface area contributed by atoms with E-state index >= 15 is 0 Å². The quantitative estimate of drug-likeness (QED) is 0.590. The molecular formula is C23H25N3O2S2. The molecule has 1 saturated heterocycles. The van der Waals surface area contributed by atoms with E-state index in [4.69, 9.17) is 4.74 Å². The Kier molecular flexibility index (Phi) is 6.72. The third-order valence-electron chi connectivity index (χ3n) is 5.13. The molecule has 1 aliphatic rings. The topological polar surface area (TPSA) is 54.5 Å². The maximum Gasteiger partial charge on any atom is 0.275 e. The van der Waals surface area contributed by atoms with E-state index < -0.39 is 0 Å². The molecule has 1 aromatic heterocycles. The summed E-state index contributed by atoms with van der Waals surface area (Å²) in [7, 11) is 1.64.